The van der Waals surface area contributed by atoms with Gasteiger partial charge >= 0.3 is 12.0 Å². The van der Waals surface area contributed by atoms with E-state index in [1.807, 2.05) is 0 Å². The Kier molecular flexibility index (Phi) is 5.09. The maximum atomic E-state index is 12.7. The molecule has 0 spiro atoms. The second-order valence-corrected chi connectivity index (χ2v) is 6.72. The van der Waals surface area contributed by atoms with Crippen molar-refractivity contribution in [1.82, 2.24) is 10.6 Å². The molecule has 1 heterocycles. The Hall–Kier alpha value is -2.01. The van der Waals surface area contributed by atoms with Gasteiger partial charge in [0.05, 0.1) is 11.6 Å². The van der Waals surface area contributed by atoms with Gasteiger partial charge in [-0.15, -0.1) is 0 Å². The highest BCUT2D eigenvalue weighted by atomic mass is 35.5. The van der Waals surface area contributed by atoms with Gasteiger partial charge in [0.25, 0.3) is 0 Å². The number of allylic oxidation sites excluding steroid dienone is 1. The molecule has 1 atom stereocenters. The van der Waals surface area contributed by atoms with E-state index in [0.717, 1.165) is 31.2 Å². The van der Waals surface area contributed by atoms with Crippen molar-refractivity contribution in [2.75, 3.05) is 0 Å². The van der Waals surface area contributed by atoms with Crippen molar-refractivity contribution >= 4 is 23.6 Å². The maximum absolute atomic E-state index is 12.7. The van der Waals surface area contributed by atoms with E-state index in [-0.39, 0.29) is 18.1 Å². The van der Waals surface area contributed by atoms with Crippen LogP contribution in [0.2, 0.25) is 5.02 Å². The Morgan fingerprint density at radius 2 is 1.83 bits per heavy atom. The zero-order chi connectivity index (χ0) is 17.1. The van der Waals surface area contributed by atoms with Crippen LogP contribution >= 0.6 is 11.6 Å². The zero-order valence-electron chi connectivity index (χ0n) is 13.6. The average molecular weight is 349 g/mol. The molecule has 2 amide bonds. The molecule has 3 rings (SSSR count). The van der Waals surface area contributed by atoms with Crippen LogP contribution in [0.3, 0.4) is 0 Å². The molecule has 2 N–H and O–H groups in total. The molecule has 0 saturated heterocycles. The van der Waals surface area contributed by atoms with Gasteiger partial charge in [-0.1, -0.05) is 30.2 Å². The third kappa shape index (κ3) is 3.73. The van der Waals surface area contributed by atoms with E-state index in [1.165, 1.54) is 6.42 Å². The highest BCUT2D eigenvalue weighted by molar-refractivity contribution is 6.30. The summed E-state index contributed by atoms with van der Waals surface area (Å²) in [5.41, 5.74) is 1.77. The Bertz CT molecular complexity index is 663. The summed E-state index contributed by atoms with van der Waals surface area (Å²) in [6.45, 7) is 1.72. The molecule has 1 aromatic carbocycles. The lowest BCUT2D eigenvalue weighted by Crippen LogP contribution is -2.45. The number of nitrogens with one attached hydrogen (secondary N) is 2. The molecule has 0 bridgehead atoms. The number of urea groups is 1. The van der Waals surface area contributed by atoms with E-state index < -0.39 is 6.04 Å². The third-order valence-electron chi connectivity index (χ3n) is 4.52. The van der Waals surface area contributed by atoms with Crippen LogP contribution in [0.15, 0.2) is 35.5 Å². The van der Waals surface area contributed by atoms with Gasteiger partial charge in [-0.2, -0.15) is 0 Å². The second kappa shape index (κ2) is 7.26. The van der Waals surface area contributed by atoms with Crippen LogP contribution in [0.1, 0.15) is 50.6 Å². The van der Waals surface area contributed by atoms with Gasteiger partial charge < -0.3 is 15.4 Å². The van der Waals surface area contributed by atoms with E-state index in [0.29, 0.717) is 16.3 Å². The van der Waals surface area contributed by atoms with E-state index >= 15 is 0 Å². The SMILES string of the molecule is CC1=C(C(=O)OC2CCCCC2)C(c2ccc(Cl)cc2)NC(=O)N1. The number of hydrogen-bond acceptors (Lipinski definition) is 3. The summed E-state index contributed by atoms with van der Waals surface area (Å²) in [5.74, 6) is -0.369. The Morgan fingerprint density at radius 3 is 2.50 bits per heavy atom. The van der Waals surface area contributed by atoms with Gasteiger partial charge in [-0.25, -0.2) is 9.59 Å². The fraction of sp³-hybridized carbons (Fsp3) is 0.444. The molecule has 0 radical (unpaired) electrons. The van der Waals surface area contributed by atoms with Crippen molar-refractivity contribution in [1.29, 1.82) is 0 Å². The molecule has 5 nitrogen and oxygen atoms in total. The minimum Gasteiger partial charge on any atom is -0.459 e. The summed E-state index contributed by atoms with van der Waals surface area (Å²) in [6, 6.07) is 6.22. The molecule has 1 unspecified atom stereocenters. The monoisotopic (exact) mass is 348 g/mol. The first-order chi connectivity index (χ1) is 11.5. The number of ether oxygens (including phenoxy) is 1. The number of hydrogen-bond donors (Lipinski definition) is 2. The lowest BCUT2D eigenvalue weighted by atomic mass is 9.95. The lowest BCUT2D eigenvalue weighted by molar-refractivity contribution is -0.146. The molecule has 1 aromatic rings. The quantitative estimate of drug-likeness (QED) is 0.815. The number of carbonyl (C=O) groups excluding carboxylic acids is 2. The minimum atomic E-state index is -0.535. The van der Waals surface area contributed by atoms with Gasteiger partial charge in [0.15, 0.2) is 0 Å². The lowest BCUT2D eigenvalue weighted by Gasteiger charge is -2.30. The van der Waals surface area contributed by atoms with E-state index in [2.05, 4.69) is 10.6 Å². The van der Waals surface area contributed by atoms with Crippen molar-refractivity contribution < 1.29 is 14.3 Å². The summed E-state index contributed by atoms with van der Waals surface area (Å²) in [5, 5.41) is 6.06. The molecule has 1 fully saturated rings. The summed E-state index contributed by atoms with van der Waals surface area (Å²) in [7, 11) is 0. The Labute approximate surface area is 146 Å². The molecular formula is C18H21ClN2O3. The highest BCUT2D eigenvalue weighted by Crippen LogP contribution is 2.30. The first kappa shape index (κ1) is 16.8. The van der Waals surface area contributed by atoms with Crippen LogP contribution in [0, 0.1) is 0 Å². The maximum Gasteiger partial charge on any atom is 0.338 e. The predicted octanol–water partition coefficient (Wildman–Crippen LogP) is 3.84. The molecule has 128 valence electrons. The normalized spacial score (nSPS) is 21.9. The second-order valence-electron chi connectivity index (χ2n) is 6.29. The van der Waals surface area contributed by atoms with E-state index in [1.54, 1.807) is 31.2 Å². The largest absolute Gasteiger partial charge is 0.459 e. The number of esters is 1. The fourth-order valence-electron chi connectivity index (χ4n) is 3.27. The molecular weight excluding hydrogens is 328 g/mol. The molecule has 0 aromatic heterocycles. The van der Waals surface area contributed by atoms with Gasteiger partial charge in [-0.3, -0.25) is 0 Å². The number of rotatable bonds is 3. The van der Waals surface area contributed by atoms with Crippen LogP contribution in [-0.4, -0.2) is 18.1 Å². The van der Waals surface area contributed by atoms with Crippen LogP contribution in [-0.2, 0) is 9.53 Å². The summed E-state index contributed by atoms with van der Waals surface area (Å²) < 4.78 is 5.70. The Morgan fingerprint density at radius 1 is 1.17 bits per heavy atom. The third-order valence-corrected chi connectivity index (χ3v) is 4.77. The summed E-state index contributed by atoms with van der Waals surface area (Å²) >= 11 is 5.93. The van der Waals surface area contributed by atoms with Crippen molar-refractivity contribution in [3.63, 3.8) is 0 Å². The number of carbonyl (C=O) groups is 2. The zero-order valence-corrected chi connectivity index (χ0v) is 14.4. The van der Waals surface area contributed by atoms with Gasteiger partial charge in [0.2, 0.25) is 0 Å². The number of amides is 2. The number of benzene rings is 1. The van der Waals surface area contributed by atoms with Gasteiger partial charge in [0.1, 0.15) is 6.10 Å². The number of halogens is 1. The van der Waals surface area contributed by atoms with E-state index in [4.69, 9.17) is 16.3 Å². The van der Waals surface area contributed by atoms with Gasteiger partial charge in [-0.05, 0) is 50.3 Å². The average Bonchev–Trinajstić information content (AvgIpc) is 2.55. The standard InChI is InChI=1S/C18H21ClN2O3/c1-11-15(17(22)24-14-5-3-2-4-6-14)16(21-18(23)20-11)12-7-9-13(19)10-8-12/h7-10,14,16H,2-6H2,1H3,(H2,20,21,23). The van der Waals surface area contributed by atoms with Crippen molar-refractivity contribution in [2.45, 2.75) is 51.2 Å². The van der Waals surface area contributed by atoms with Crippen molar-refractivity contribution in [3.8, 4) is 0 Å². The van der Waals surface area contributed by atoms with Crippen LogP contribution in [0.5, 0.6) is 0 Å². The first-order valence-electron chi connectivity index (χ1n) is 8.29. The smallest absolute Gasteiger partial charge is 0.338 e. The summed E-state index contributed by atoms with van der Waals surface area (Å²) in [6.07, 6.45) is 5.15. The fourth-order valence-corrected chi connectivity index (χ4v) is 3.39. The summed E-state index contributed by atoms with van der Waals surface area (Å²) in [4.78, 5) is 24.6. The minimum absolute atomic E-state index is 0.0324. The van der Waals surface area contributed by atoms with Crippen LogP contribution in [0.25, 0.3) is 0 Å². The molecule has 6 heteroatoms. The molecule has 1 saturated carbocycles. The van der Waals surface area contributed by atoms with Crippen LogP contribution in [0.4, 0.5) is 4.79 Å². The van der Waals surface area contributed by atoms with Gasteiger partial charge in [0, 0.05) is 10.7 Å². The van der Waals surface area contributed by atoms with Crippen molar-refractivity contribution in [2.24, 2.45) is 0 Å². The van der Waals surface area contributed by atoms with Crippen LogP contribution < -0.4 is 10.6 Å². The molecule has 24 heavy (non-hydrogen) atoms. The topological polar surface area (TPSA) is 67.4 Å². The molecule has 1 aliphatic heterocycles. The van der Waals surface area contributed by atoms with E-state index in [9.17, 15) is 9.59 Å². The van der Waals surface area contributed by atoms with Crippen molar-refractivity contribution in [3.05, 3.63) is 46.1 Å². The predicted molar refractivity (Wildman–Crippen MR) is 91.5 cm³/mol. The first-order valence-corrected chi connectivity index (χ1v) is 8.67. The molecule has 1 aliphatic carbocycles. The molecule has 2 aliphatic rings. The Balaban J connectivity index is 1.85. The highest BCUT2D eigenvalue weighted by Gasteiger charge is 2.33.